The van der Waals surface area contributed by atoms with Crippen molar-refractivity contribution in [3.05, 3.63) is 70.2 Å². The second-order valence-electron chi connectivity index (χ2n) is 10.4. The van der Waals surface area contributed by atoms with E-state index in [4.69, 9.17) is 24.7 Å². The molecular formula is C30H36N2O6. The average Bonchev–Trinajstić information content (AvgIpc) is 2.87. The highest BCUT2D eigenvalue weighted by Crippen LogP contribution is 2.52. The van der Waals surface area contributed by atoms with E-state index in [2.05, 4.69) is 13.8 Å². The molecule has 0 bridgehead atoms. The van der Waals surface area contributed by atoms with Crippen LogP contribution in [0.2, 0.25) is 0 Å². The molecule has 0 unspecified atom stereocenters. The van der Waals surface area contributed by atoms with Crippen molar-refractivity contribution in [1.29, 1.82) is 0 Å². The van der Waals surface area contributed by atoms with Crippen LogP contribution in [0.15, 0.2) is 59.1 Å². The Labute approximate surface area is 224 Å². The number of Topliss-reactive ketones (excluding diaryl/α,β-unsaturated/α-hetero) is 1. The lowest BCUT2D eigenvalue weighted by atomic mass is 9.68. The van der Waals surface area contributed by atoms with Crippen LogP contribution >= 0.6 is 0 Å². The molecular weight excluding hydrogens is 484 g/mol. The fraction of sp³-hybridized carbons (Fsp3) is 0.400. The molecule has 0 spiro atoms. The summed E-state index contributed by atoms with van der Waals surface area (Å²) in [5, 5.41) is 0. The van der Waals surface area contributed by atoms with Gasteiger partial charge in [0, 0.05) is 23.4 Å². The maximum Gasteiger partial charge on any atom is 0.338 e. The van der Waals surface area contributed by atoms with Gasteiger partial charge in [0.25, 0.3) is 0 Å². The number of hydrogen-bond donors (Lipinski definition) is 1. The summed E-state index contributed by atoms with van der Waals surface area (Å²) in [6.07, 6.45) is 0.935. The molecule has 8 nitrogen and oxygen atoms in total. The first-order valence-electron chi connectivity index (χ1n) is 12.7. The number of benzene rings is 2. The van der Waals surface area contributed by atoms with Gasteiger partial charge in [0.15, 0.2) is 17.3 Å². The molecule has 38 heavy (non-hydrogen) atoms. The minimum atomic E-state index is -0.775. The maximum absolute atomic E-state index is 13.9. The Balaban J connectivity index is 2.07. The Morgan fingerprint density at radius 2 is 1.63 bits per heavy atom. The van der Waals surface area contributed by atoms with Crippen molar-refractivity contribution >= 4 is 17.4 Å². The standard InChI is InChI=1S/C30H36N2O6/c1-8-38-29(34)26-24(18-13-22(35-5)27(37-7)23(14-18)36-6)25-20(15-30(3,4)16-21(25)33)32(28(26)31)19-11-9-17(2)10-12-19/h9-14,24H,8,15-16,31H2,1-7H3/t24-/m1/s1. The molecule has 2 N–H and O–H groups in total. The van der Waals surface area contributed by atoms with Gasteiger partial charge >= 0.3 is 5.97 Å². The molecule has 1 aliphatic heterocycles. The van der Waals surface area contributed by atoms with Gasteiger partial charge in [0.1, 0.15) is 5.82 Å². The second-order valence-corrected chi connectivity index (χ2v) is 10.4. The van der Waals surface area contributed by atoms with Crippen molar-refractivity contribution in [3.63, 3.8) is 0 Å². The Morgan fingerprint density at radius 1 is 1.03 bits per heavy atom. The zero-order chi connectivity index (χ0) is 27.8. The smallest absolute Gasteiger partial charge is 0.338 e. The molecule has 2 aromatic carbocycles. The predicted molar refractivity (Wildman–Crippen MR) is 145 cm³/mol. The number of ether oxygens (including phenoxy) is 4. The third-order valence-electron chi connectivity index (χ3n) is 7.07. The molecule has 1 atom stereocenters. The molecule has 1 heterocycles. The predicted octanol–water partition coefficient (Wildman–Crippen LogP) is 5.00. The van der Waals surface area contributed by atoms with Crippen LogP contribution in [0.4, 0.5) is 5.69 Å². The highest BCUT2D eigenvalue weighted by Gasteiger charge is 2.47. The van der Waals surface area contributed by atoms with Crippen LogP contribution in [0.1, 0.15) is 50.7 Å². The van der Waals surface area contributed by atoms with Gasteiger partial charge in [-0.15, -0.1) is 0 Å². The van der Waals surface area contributed by atoms with E-state index in [0.717, 1.165) is 16.9 Å². The van der Waals surface area contributed by atoms with Crippen LogP contribution in [0, 0.1) is 12.3 Å². The van der Waals surface area contributed by atoms with Crippen molar-refractivity contribution in [3.8, 4) is 17.2 Å². The van der Waals surface area contributed by atoms with Gasteiger partial charge in [-0.25, -0.2) is 4.79 Å². The number of nitrogens with zero attached hydrogens (tertiary/aromatic N) is 1. The summed E-state index contributed by atoms with van der Waals surface area (Å²) < 4.78 is 22.2. The number of ketones is 1. The topological polar surface area (TPSA) is 100 Å². The molecule has 4 rings (SSSR count). The first-order valence-corrected chi connectivity index (χ1v) is 12.7. The van der Waals surface area contributed by atoms with E-state index in [1.165, 1.54) is 21.3 Å². The average molecular weight is 521 g/mol. The fourth-order valence-electron chi connectivity index (χ4n) is 5.41. The van der Waals surface area contributed by atoms with Crippen molar-refractivity contribution < 1.29 is 28.5 Å². The van der Waals surface area contributed by atoms with Gasteiger partial charge in [-0.2, -0.15) is 0 Å². The zero-order valence-corrected chi connectivity index (χ0v) is 23.1. The number of carbonyl (C=O) groups is 2. The second kappa shape index (κ2) is 10.4. The van der Waals surface area contributed by atoms with E-state index >= 15 is 0 Å². The van der Waals surface area contributed by atoms with Crippen LogP contribution in [-0.4, -0.2) is 39.7 Å². The minimum absolute atomic E-state index is 0.0404. The van der Waals surface area contributed by atoms with Gasteiger partial charge < -0.3 is 24.7 Å². The Hall–Kier alpha value is -3.94. The molecule has 0 amide bonds. The normalized spacial score (nSPS) is 18.8. The fourth-order valence-corrected chi connectivity index (χ4v) is 5.41. The molecule has 8 heteroatoms. The third-order valence-corrected chi connectivity index (χ3v) is 7.07. The summed E-state index contributed by atoms with van der Waals surface area (Å²) in [4.78, 5) is 29.3. The summed E-state index contributed by atoms with van der Waals surface area (Å²) in [7, 11) is 4.57. The number of methoxy groups -OCH3 is 3. The lowest BCUT2D eigenvalue weighted by molar-refractivity contribution is -0.138. The number of hydrogen-bond acceptors (Lipinski definition) is 8. The minimum Gasteiger partial charge on any atom is -0.493 e. The number of esters is 1. The van der Waals surface area contributed by atoms with Gasteiger partial charge in [-0.05, 0) is 55.5 Å². The Morgan fingerprint density at radius 3 is 2.16 bits per heavy atom. The van der Waals surface area contributed by atoms with Crippen LogP contribution in [0.3, 0.4) is 0 Å². The lowest BCUT2D eigenvalue weighted by Crippen LogP contribution is -2.43. The molecule has 0 saturated carbocycles. The molecule has 0 saturated heterocycles. The number of allylic oxidation sites excluding steroid dienone is 2. The van der Waals surface area contributed by atoms with Crippen molar-refractivity contribution in [2.75, 3.05) is 32.8 Å². The van der Waals surface area contributed by atoms with Crippen LogP contribution in [0.25, 0.3) is 0 Å². The van der Waals surface area contributed by atoms with Crippen LogP contribution < -0.4 is 24.8 Å². The number of anilines is 1. The lowest BCUT2D eigenvalue weighted by Gasteiger charge is -2.44. The Bertz CT molecular complexity index is 1300. The summed E-state index contributed by atoms with van der Waals surface area (Å²) in [5.74, 6) is 0.0752. The number of rotatable bonds is 7. The van der Waals surface area contributed by atoms with Gasteiger partial charge in [0.05, 0.1) is 39.4 Å². The molecule has 0 aromatic heterocycles. The van der Waals surface area contributed by atoms with Crippen molar-refractivity contribution in [2.24, 2.45) is 11.1 Å². The first kappa shape index (κ1) is 27.1. The quantitative estimate of drug-likeness (QED) is 0.509. The van der Waals surface area contributed by atoms with E-state index in [9.17, 15) is 9.59 Å². The van der Waals surface area contributed by atoms with Gasteiger partial charge in [-0.1, -0.05) is 31.5 Å². The maximum atomic E-state index is 13.9. The van der Waals surface area contributed by atoms with Crippen molar-refractivity contribution in [2.45, 2.75) is 46.5 Å². The monoisotopic (exact) mass is 520 g/mol. The first-order chi connectivity index (χ1) is 18.1. The molecule has 0 radical (unpaired) electrons. The number of carbonyl (C=O) groups excluding carboxylic acids is 2. The molecule has 2 aromatic rings. The summed E-state index contributed by atoms with van der Waals surface area (Å²) >= 11 is 0. The summed E-state index contributed by atoms with van der Waals surface area (Å²) in [6.45, 7) is 8.04. The molecule has 1 aliphatic carbocycles. The SMILES string of the molecule is CCOC(=O)C1=C(N)N(c2ccc(C)cc2)C2=C(C(=O)CC(C)(C)C2)[C@H]1c1cc(OC)c(OC)c(OC)c1. The van der Waals surface area contributed by atoms with Gasteiger partial charge in [0.2, 0.25) is 5.75 Å². The van der Waals surface area contributed by atoms with Crippen molar-refractivity contribution in [1.82, 2.24) is 0 Å². The molecule has 2 aliphatic rings. The van der Waals surface area contributed by atoms with E-state index < -0.39 is 11.9 Å². The van der Waals surface area contributed by atoms with E-state index in [-0.39, 0.29) is 29.2 Å². The highest BCUT2D eigenvalue weighted by molar-refractivity contribution is 6.05. The number of nitrogens with two attached hydrogens (primary N) is 1. The zero-order valence-electron chi connectivity index (χ0n) is 23.1. The van der Waals surface area contributed by atoms with Gasteiger partial charge in [-0.3, -0.25) is 9.69 Å². The Kier molecular flexibility index (Phi) is 7.44. The molecule has 0 fully saturated rings. The van der Waals surface area contributed by atoms with Crippen LogP contribution in [-0.2, 0) is 14.3 Å². The third kappa shape index (κ3) is 4.71. The van der Waals surface area contributed by atoms with Crippen LogP contribution in [0.5, 0.6) is 17.2 Å². The van der Waals surface area contributed by atoms with E-state index in [1.54, 1.807) is 19.1 Å². The summed E-state index contributed by atoms with van der Waals surface area (Å²) in [5.41, 5.74) is 10.6. The number of aryl methyl sites for hydroxylation is 1. The molecule has 202 valence electrons. The van der Waals surface area contributed by atoms with E-state index in [1.807, 2.05) is 36.1 Å². The highest BCUT2D eigenvalue weighted by atomic mass is 16.5. The largest absolute Gasteiger partial charge is 0.493 e. The summed E-state index contributed by atoms with van der Waals surface area (Å²) in [6, 6.07) is 11.4. The van der Waals surface area contributed by atoms with E-state index in [0.29, 0.717) is 41.2 Å².